The number of hydrogen-bond donors (Lipinski definition) is 0. The Morgan fingerprint density at radius 1 is 0.318 bits per heavy atom. The fraction of sp³-hybridized carbons (Fsp3) is 0. The molecule has 0 unspecified atom stereocenters. The van der Waals surface area contributed by atoms with Crippen molar-refractivity contribution >= 4 is 43.6 Å². The zero-order valence-electron chi connectivity index (χ0n) is 23.8. The standard InChI is InChI=1S/C40H26N4/c1-5-13-36-32(9-1)33-10-2-6-14-37(33)43(36)30-21-17-27(18-22-30)29-25-41-40(42-26-29)28-19-23-31(24-20-28)44-38-15-7-3-11-34(38)35-12-4-8-16-39(35)44/h1-26H. The van der Waals surface area contributed by atoms with E-state index in [1.165, 1.54) is 43.6 Å². The van der Waals surface area contributed by atoms with Crippen molar-refractivity contribution in [2.24, 2.45) is 0 Å². The lowest BCUT2D eigenvalue weighted by atomic mass is 10.1. The molecule has 0 fully saturated rings. The minimum Gasteiger partial charge on any atom is -0.309 e. The quantitative estimate of drug-likeness (QED) is 0.214. The molecule has 4 nitrogen and oxygen atoms in total. The van der Waals surface area contributed by atoms with Crippen LogP contribution >= 0.6 is 0 Å². The van der Waals surface area contributed by atoms with Gasteiger partial charge in [-0.05, 0) is 66.2 Å². The molecule has 0 spiro atoms. The number of para-hydroxylation sites is 4. The van der Waals surface area contributed by atoms with Crippen LogP contribution in [-0.4, -0.2) is 19.1 Å². The fourth-order valence-corrected chi connectivity index (χ4v) is 6.59. The van der Waals surface area contributed by atoms with E-state index in [9.17, 15) is 0 Å². The Bertz CT molecular complexity index is 2180. The maximum atomic E-state index is 4.75. The molecule has 9 rings (SSSR count). The van der Waals surface area contributed by atoms with Gasteiger partial charge in [0, 0.05) is 56.4 Å². The highest BCUT2D eigenvalue weighted by atomic mass is 15.0. The third-order valence-electron chi connectivity index (χ3n) is 8.65. The average Bonchev–Trinajstić information content (AvgIpc) is 3.62. The number of nitrogens with zero attached hydrogens (tertiary/aromatic N) is 4. The van der Waals surface area contributed by atoms with Crippen molar-refractivity contribution < 1.29 is 0 Å². The average molecular weight is 563 g/mol. The molecule has 0 saturated heterocycles. The summed E-state index contributed by atoms with van der Waals surface area (Å²) in [5.41, 5.74) is 10.1. The van der Waals surface area contributed by atoms with Gasteiger partial charge in [0.25, 0.3) is 0 Å². The molecule has 0 aliphatic rings. The molecular weight excluding hydrogens is 536 g/mol. The minimum absolute atomic E-state index is 0.712. The molecule has 3 aromatic heterocycles. The summed E-state index contributed by atoms with van der Waals surface area (Å²) >= 11 is 0. The number of fused-ring (bicyclic) bond motifs is 6. The van der Waals surface area contributed by atoms with Crippen molar-refractivity contribution in [3.63, 3.8) is 0 Å². The van der Waals surface area contributed by atoms with E-state index in [4.69, 9.17) is 9.97 Å². The van der Waals surface area contributed by atoms with Crippen LogP contribution < -0.4 is 0 Å². The maximum absolute atomic E-state index is 4.75. The molecule has 44 heavy (non-hydrogen) atoms. The topological polar surface area (TPSA) is 35.6 Å². The Balaban J connectivity index is 1.02. The molecule has 0 radical (unpaired) electrons. The molecule has 0 bridgehead atoms. The number of aromatic nitrogens is 4. The molecule has 6 aromatic carbocycles. The summed E-state index contributed by atoms with van der Waals surface area (Å²) in [7, 11) is 0. The van der Waals surface area contributed by atoms with E-state index >= 15 is 0 Å². The normalized spacial score (nSPS) is 11.6. The third kappa shape index (κ3) is 3.78. The van der Waals surface area contributed by atoms with Gasteiger partial charge in [-0.2, -0.15) is 0 Å². The second-order valence-corrected chi connectivity index (χ2v) is 11.1. The van der Waals surface area contributed by atoms with Crippen LogP contribution in [0.15, 0.2) is 158 Å². The van der Waals surface area contributed by atoms with E-state index in [1.54, 1.807) is 0 Å². The van der Waals surface area contributed by atoms with Gasteiger partial charge in [-0.1, -0.05) is 84.9 Å². The zero-order chi connectivity index (χ0) is 29.0. The SMILES string of the molecule is c1ccc2c(c1)c1ccccc1n2-c1ccc(-c2cnc(-c3ccc(-n4c5ccccc5c5ccccc54)cc3)nc2)cc1. The molecule has 0 N–H and O–H groups in total. The second kappa shape index (κ2) is 9.79. The van der Waals surface area contributed by atoms with Crippen LogP contribution in [0.4, 0.5) is 0 Å². The molecule has 0 amide bonds. The molecule has 0 aliphatic carbocycles. The van der Waals surface area contributed by atoms with Gasteiger partial charge >= 0.3 is 0 Å². The van der Waals surface area contributed by atoms with E-state index in [0.717, 1.165) is 28.1 Å². The van der Waals surface area contributed by atoms with E-state index in [-0.39, 0.29) is 0 Å². The van der Waals surface area contributed by atoms with E-state index in [1.807, 2.05) is 12.4 Å². The summed E-state index contributed by atoms with van der Waals surface area (Å²) in [6.45, 7) is 0. The van der Waals surface area contributed by atoms with Crippen LogP contribution in [0.2, 0.25) is 0 Å². The van der Waals surface area contributed by atoms with Gasteiger partial charge in [0.1, 0.15) is 0 Å². The highest BCUT2D eigenvalue weighted by molar-refractivity contribution is 6.10. The summed E-state index contributed by atoms with van der Waals surface area (Å²) in [5, 5.41) is 5.04. The minimum atomic E-state index is 0.712. The molecule has 0 saturated carbocycles. The smallest absolute Gasteiger partial charge is 0.159 e. The molecule has 0 aliphatic heterocycles. The Labute approximate surface area is 254 Å². The van der Waals surface area contributed by atoms with Crippen molar-refractivity contribution in [1.29, 1.82) is 0 Å². The van der Waals surface area contributed by atoms with Gasteiger partial charge < -0.3 is 9.13 Å². The first-order valence-corrected chi connectivity index (χ1v) is 14.8. The highest BCUT2D eigenvalue weighted by Gasteiger charge is 2.13. The molecule has 206 valence electrons. The Morgan fingerprint density at radius 3 is 1.05 bits per heavy atom. The predicted octanol–water partition coefficient (Wildman–Crippen LogP) is 10.0. The van der Waals surface area contributed by atoms with Crippen LogP contribution in [0.5, 0.6) is 0 Å². The number of hydrogen-bond acceptors (Lipinski definition) is 2. The van der Waals surface area contributed by atoms with Crippen molar-refractivity contribution in [2.45, 2.75) is 0 Å². The van der Waals surface area contributed by atoms with Crippen LogP contribution in [0.3, 0.4) is 0 Å². The van der Waals surface area contributed by atoms with Gasteiger partial charge in [0.05, 0.1) is 22.1 Å². The van der Waals surface area contributed by atoms with Crippen molar-refractivity contribution in [3.8, 4) is 33.9 Å². The van der Waals surface area contributed by atoms with E-state index in [0.29, 0.717) is 5.82 Å². The van der Waals surface area contributed by atoms with E-state index < -0.39 is 0 Å². The summed E-state index contributed by atoms with van der Waals surface area (Å²) in [4.78, 5) is 9.50. The summed E-state index contributed by atoms with van der Waals surface area (Å²) in [6.07, 6.45) is 3.83. The highest BCUT2D eigenvalue weighted by Crippen LogP contribution is 2.34. The summed E-state index contributed by atoms with van der Waals surface area (Å²) in [5.74, 6) is 0.712. The zero-order valence-corrected chi connectivity index (χ0v) is 23.8. The van der Waals surface area contributed by atoms with Gasteiger partial charge in [-0.3, -0.25) is 0 Å². The van der Waals surface area contributed by atoms with Crippen molar-refractivity contribution in [3.05, 3.63) is 158 Å². The van der Waals surface area contributed by atoms with Crippen LogP contribution in [0.25, 0.3) is 77.5 Å². The molecule has 3 heterocycles. The maximum Gasteiger partial charge on any atom is 0.159 e. The van der Waals surface area contributed by atoms with Crippen molar-refractivity contribution in [1.82, 2.24) is 19.1 Å². The molecule has 4 heteroatoms. The van der Waals surface area contributed by atoms with Crippen LogP contribution in [0, 0.1) is 0 Å². The summed E-state index contributed by atoms with van der Waals surface area (Å²) < 4.78 is 4.65. The Kier molecular flexibility index (Phi) is 5.47. The predicted molar refractivity (Wildman–Crippen MR) is 182 cm³/mol. The van der Waals surface area contributed by atoms with Gasteiger partial charge in [-0.15, -0.1) is 0 Å². The first kappa shape index (κ1) is 24.6. The lowest BCUT2D eigenvalue weighted by molar-refractivity contribution is 1.16. The fourth-order valence-electron chi connectivity index (χ4n) is 6.59. The number of benzene rings is 6. The van der Waals surface area contributed by atoms with Gasteiger partial charge in [-0.25, -0.2) is 9.97 Å². The Morgan fingerprint density at radius 2 is 0.659 bits per heavy atom. The largest absolute Gasteiger partial charge is 0.309 e. The monoisotopic (exact) mass is 562 g/mol. The van der Waals surface area contributed by atoms with Crippen LogP contribution in [0.1, 0.15) is 0 Å². The lowest BCUT2D eigenvalue weighted by Crippen LogP contribution is -1.95. The Hall–Kier alpha value is -6.00. The third-order valence-corrected chi connectivity index (χ3v) is 8.65. The van der Waals surface area contributed by atoms with Gasteiger partial charge in [0.2, 0.25) is 0 Å². The second-order valence-electron chi connectivity index (χ2n) is 11.1. The van der Waals surface area contributed by atoms with Gasteiger partial charge in [0.15, 0.2) is 5.82 Å². The molecule has 9 aromatic rings. The molecular formula is C40H26N4. The first-order chi connectivity index (χ1) is 21.8. The van der Waals surface area contributed by atoms with E-state index in [2.05, 4.69) is 155 Å². The molecule has 0 atom stereocenters. The van der Waals surface area contributed by atoms with Crippen LogP contribution in [-0.2, 0) is 0 Å². The number of rotatable bonds is 4. The summed E-state index contributed by atoms with van der Waals surface area (Å²) in [6, 6.07) is 51.5. The lowest BCUT2D eigenvalue weighted by Gasteiger charge is -2.10. The first-order valence-electron chi connectivity index (χ1n) is 14.8. The van der Waals surface area contributed by atoms with Crippen molar-refractivity contribution in [2.75, 3.05) is 0 Å².